The summed E-state index contributed by atoms with van der Waals surface area (Å²) in [6, 6.07) is 35.5. The molecule has 0 aliphatic carbocycles. The summed E-state index contributed by atoms with van der Waals surface area (Å²) in [6.07, 6.45) is 1.94. The molecule has 0 bridgehead atoms. The van der Waals surface area contributed by atoms with Gasteiger partial charge < -0.3 is 18.8 Å². The summed E-state index contributed by atoms with van der Waals surface area (Å²) >= 11 is 4.89. The minimum absolute atomic E-state index is 0.182. The largest absolute Gasteiger partial charge is 0.490 e. The number of carbonyl (C=O) groups is 1. The summed E-state index contributed by atoms with van der Waals surface area (Å²) in [4.78, 5) is 33.7. The maximum atomic E-state index is 14.8. The van der Waals surface area contributed by atoms with Gasteiger partial charge in [-0.3, -0.25) is 9.36 Å². The first-order chi connectivity index (χ1) is 25.8. The van der Waals surface area contributed by atoms with Gasteiger partial charge in [0.1, 0.15) is 0 Å². The van der Waals surface area contributed by atoms with Gasteiger partial charge in [-0.1, -0.05) is 94.0 Å². The van der Waals surface area contributed by atoms with Crippen LogP contribution in [0.25, 0.3) is 34.3 Å². The smallest absolute Gasteiger partial charge is 0.338 e. The molecule has 0 spiro atoms. The molecule has 0 amide bonds. The number of hydrogen-bond acceptors (Lipinski definition) is 7. The lowest BCUT2D eigenvalue weighted by Crippen LogP contribution is -2.40. The average molecular weight is 789 g/mol. The van der Waals surface area contributed by atoms with Gasteiger partial charge in [0.2, 0.25) is 0 Å². The molecule has 0 fully saturated rings. The Morgan fingerprint density at radius 3 is 2.15 bits per heavy atom. The van der Waals surface area contributed by atoms with Gasteiger partial charge in [-0.05, 0) is 92.9 Å². The number of thiazole rings is 1. The minimum atomic E-state index is -0.803. The van der Waals surface area contributed by atoms with Crippen LogP contribution in [0.4, 0.5) is 0 Å². The highest BCUT2D eigenvalue weighted by Crippen LogP contribution is 2.38. The van der Waals surface area contributed by atoms with Crippen molar-refractivity contribution in [2.75, 3.05) is 19.8 Å². The summed E-state index contributed by atoms with van der Waals surface area (Å²) < 4.78 is 22.6. The SMILES string of the molecule is CCOC(=O)C1=C(C)N=c2s/c(=C\c3cc(-c4ccccc4)n(-c4ccc(Br)cc4)c3-c3ccccc3)c(=O)n2[C@@H]1c1ccc(OCC)c(OCC)c1. The van der Waals surface area contributed by atoms with Crippen LogP contribution in [0.5, 0.6) is 11.5 Å². The van der Waals surface area contributed by atoms with E-state index < -0.39 is 12.0 Å². The van der Waals surface area contributed by atoms with Crippen LogP contribution < -0.4 is 24.4 Å². The molecule has 8 nitrogen and oxygen atoms in total. The van der Waals surface area contributed by atoms with Crippen molar-refractivity contribution in [1.29, 1.82) is 0 Å². The molecule has 0 unspecified atom stereocenters. The van der Waals surface area contributed by atoms with E-state index >= 15 is 0 Å². The van der Waals surface area contributed by atoms with Gasteiger partial charge in [0.25, 0.3) is 5.56 Å². The highest BCUT2D eigenvalue weighted by molar-refractivity contribution is 9.10. The Morgan fingerprint density at radius 2 is 1.49 bits per heavy atom. The molecule has 1 aliphatic rings. The van der Waals surface area contributed by atoms with Gasteiger partial charge in [0.15, 0.2) is 16.3 Å². The zero-order chi connectivity index (χ0) is 37.1. The lowest BCUT2D eigenvalue weighted by Gasteiger charge is -2.25. The number of benzene rings is 4. The van der Waals surface area contributed by atoms with Gasteiger partial charge >= 0.3 is 5.97 Å². The Bertz CT molecular complexity index is 2500. The number of aromatic nitrogens is 2. The molecule has 6 aromatic rings. The van der Waals surface area contributed by atoms with Crippen molar-refractivity contribution >= 4 is 39.3 Å². The second kappa shape index (κ2) is 15.7. The van der Waals surface area contributed by atoms with Crippen molar-refractivity contribution < 1.29 is 19.0 Å². The van der Waals surface area contributed by atoms with Crippen LogP contribution >= 0.6 is 27.3 Å². The van der Waals surface area contributed by atoms with E-state index in [1.807, 2.05) is 86.7 Å². The quantitative estimate of drug-likeness (QED) is 0.123. The second-order valence-corrected chi connectivity index (χ2v) is 14.2. The zero-order valence-corrected chi connectivity index (χ0v) is 32.2. The number of halogens is 1. The monoisotopic (exact) mass is 787 g/mol. The number of nitrogens with zero attached hydrogens (tertiary/aromatic N) is 3. The Balaban J connectivity index is 1.49. The lowest BCUT2D eigenvalue weighted by atomic mass is 9.95. The van der Waals surface area contributed by atoms with Gasteiger partial charge in [-0.2, -0.15) is 0 Å². The molecule has 7 rings (SSSR count). The molecule has 1 atom stereocenters. The lowest BCUT2D eigenvalue weighted by molar-refractivity contribution is -0.139. The van der Waals surface area contributed by atoms with Crippen molar-refractivity contribution in [3.63, 3.8) is 0 Å². The summed E-state index contributed by atoms with van der Waals surface area (Å²) in [7, 11) is 0. The number of fused-ring (bicyclic) bond motifs is 1. The molecule has 53 heavy (non-hydrogen) atoms. The molecule has 0 saturated heterocycles. The van der Waals surface area contributed by atoms with Crippen molar-refractivity contribution in [2.45, 2.75) is 33.7 Å². The Hall–Kier alpha value is -5.45. The zero-order valence-electron chi connectivity index (χ0n) is 29.8. The highest BCUT2D eigenvalue weighted by atomic mass is 79.9. The average Bonchev–Trinajstić information content (AvgIpc) is 3.69. The van der Waals surface area contributed by atoms with E-state index in [0.29, 0.717) is 50.9 Å². The first-order valence-corrected chi connectivity index (χ1v) is 19.2. The molecule has 2 aromatic heterocycles. The number of esters is 1. The molecule has 10 heteroatoms. The first kappa shape index (κ1) is 35.9. The predicted molar refractivity (Wildman–Crippen MR) is 214 cm³/mol. The maximum Gasteiger partial charge on any atom is 0.338 e. The van der Waals surface area contributed by atoms with Crippen LogP contribution in [0, 0.1) is 0 Å². The summed E-state index contributed by atoms with van der Waals surface area (Å²) in [5.74, 6) is 0.592. The fraction of sp³-hybridized carbons (Fsp3) is 0.186. The Kier molecular flexibility index (Phi) is 10.6. The molecule has 268 valence electrons. The van der Waals surface area contributed by atoms with Gasteiger partial charge in [-0.25, -0.2) is 9.79 Å². The number of ether oxygens (including phenoxy) is 3. The normalized spacial score (nSPS) is 14.1. The van der Waals surface area contributed by atoms with E-state index in [0.717, 1.165) is 38.2 Å². The topological polar surface area (TPSA) is 84.1 Å². The maximum absolute atomic E-state index is 14.8. The van der Waals surface area contributed by atoms with Crippen LogP contribution in [-0.4, -0.2) is 34.9 Å². The fourth-order valence-corrected chi connectivity index (χ4v) is 8.00. The molecular formula is C43H38BrN3O5S. The molecule has 0 N–H and O–H groups in total. The highest BCUT2D eigenvalue weighted by Gasteiger charge is 2.34. The van der Waals surface area contributed by atoms with Gasteiger partial charge in [0, 0.05) is 15.7 Å². The Morgan fingerprint density at radius 1 is 0.830 bits per heavy atom. The van der Waals surface area contributed by atoms with Crippen LogP contribution in [0.3, 0.4) is 0 Å². The third-order valence-electron chi connectivity index (χ3n) is 8.92. The van der Waals surface area contributed by atoms with Crippen molar-refractivity contribution in [1.82, 2.24) is 9.13 Å². The molecule has 1 aliphatic heterocycles. The Labute approximate surface area is 320 Å². The molecular weight excluding hydrogens is 750 g/mol. The third-order valence-corrected chi connectivity index (χ3v) is 10.4. The van der Waals surface area contributed by atoms with Crippen LogP contribution in [0.15, 0.2) is 135 Å². The van der Waals surface area contributed by atoms with Crippen LogP contribution in [0.1, 0.15) is 44.9 Å². The number of allylic oxidation sites excluding steroid dienone is 1. The molecule has 4 aromatic carbocycles. The van der Waals surface area contributed by atoms with Crippen molar-refractivity contribution in [3.8, 4) is 39.7 Å². The van der Waals surface area contributed by atoms with Crippen molar-refractivity contribution in [3.05, 3.63) is 156 Å². The fourth-order valence-electron chi connectivity index (χ4n) is 6.70. The summed E-state index contributed by atoms with van der Waals surface area (Å²) in [5, 5.41) is 0. The summed E-state index contributed by atoms with van der Waals surface area (Å²) in [5.41, 5.74) is 6.98. The van der Waals surface area contributed by atoms with E-state index in [1.54, 1.807) is 18.4 Å². The standard InChI is InChI=1S/C43H38BrN3O5S/c1-5-50-35-23-18-30(25-36(35)51-6-2)40-38(42(49)52-7-3)27(4)45-43-47(40)41(48)37(53-43)26-31-24-34(28-14-10-8-11-15-28)46(33-21-19-32(44)20-22-33)39(31)29-16-12-9-13-17-29/h8-26,40H,5-7H2,1-4H3/b37-26-/t40-/m1/s1. The van der Waals surface area contributed by atoms with E-state index in [4.69, 9.17) is 19.2 Å². The third kappa shape index (κ3) is 7.04. The van der Waals surface area contributed by atoms with Crippen LogP contribution in [-0.2, 0) is 9.53 Å². The van der Waals surface area contributed by atoms with Gasteiger partial charge in [0.05, 0.1) is 53.1 Å². The second-order valence-electron chi connectivity index (χ2n) is 12.3. The van der Waals surface area contributed by atoms with E-state index in [2.05, 4.69) is 63.0 Å². The predicted octanol–water partition coefficient (Wildman–Crippen LogP) is 8.48. The number of carbonyl (C=O) groups excluding carboxylic acids is 1. The van der Waals surface area contributed by atoms with E-state index in [9.17, 15) is 9.59 Å². The number of hydrogen-bond donors (Lipinski definition) is 0. The number of rotatable bonds is 11. The first-order valence-electron chi connectivity index (χ1n) is 17.5. The molecule has 3 heterocycles. The van der Waals surface area contributed by atoms with E-state index in [1.165, 1.54) is 11.3 Å². The van der Waals surface area contributed by atoms with E-state index in [-0.39, 0.29) is 12.2 Å². The van der Waals surface area contributed by atoms with Crippen molar-refractivity contribution in [2.24, 2.45) is 4.99 Å². The van der Waals surface area contributed by atoms with Gasteiger partial charge in [-0.15, -0.1) is 0 Å². The molecule has 0 saturated carbocycles. The minimum Gasteiger partial charge on any atom is -0.490 e. The molecule has 0 radical (unpaired) electrons. The van der Waals surface area contributed by atoms with Crippen LogP contribution in [0.2, 0.25) is 0 Å². The summed E-state index contributed by atoms with van der Waals surface area (Å²) in [6.45, 7) is 8.41.